The molecule has 6 nitrogen and oxygen atoms in total. The average molecular weight is 355 g/mol. The van der Waals surface area contributed by atoms with Crippen molar-refractivity contribution in [1.29, 1.82) is 5.41 Å². The fourth-order valence-electron chi connectivity index (χ4n) is 2.48. The molecular formula is C20H25N3O3. The topological polar surface area (TPSA) is 97.4 Å². The van der Waals surface area contributed by atoms with Crippen molar-refractivity contribution < 1.29 is 14.3 Å². The summed E-state index contributed by atoms with van der Waals surface area (Å²) in [5, 5.41) is 10.3. The lowest BCUT2D eigenvalue weighted by molar-refractivity contribution is -0.133. The first kappa shape index (κ1) is 19.5. The molecular weight excluding hydrogens is 330 g/mol. The van der Waals surface area contributed by atoms with Crippen LogP contribution in [0.1, 0.15) is 36.6 Å². The van der Waals surface area contributed by atoms with Gasteiger partial charge < -0.3 is 20.5 Å². The molecule has 0 heterocycles. The van der Waals surface area contributed by atoms with Crippen molar-refractivity contribution in [3.05, 3.63) is 65.2 Å². The summed E-state index contributed by atoms with van der Waals surface area (Å²) in [6, 6.07) is 14.5. The Morgan fingerprint density at radius 2 is 1.73 bits per heavy atom. The number of ether oxygens (including phenoxy) is 2. The Balaban J connectivity index is 2.02. The van der Waals surface area contributed by atoms with Gasteiger partial charge in [0.1, 0.15) is 11.6 Å². The molecule has 4 N–H and O–H groups in total. The van der Waals surface area contributed by atoms with Crippen LogP contribution in [-0.2, 0) is 16.1 Å². The fraction of sp³-hybridized carbons (Fsp3) is 0.300. The number of benzene rings is 2. The first-order chi connectivity index (χ1) is 12.5. The molecule has 0 bridgehead atoms. The quantitative estimate of drug-likeness (QED) is 0.476. The SMILES string of the molecule is CCOc1ccc(C(OCC)C(=O)NCc2ccc(C(=N)N)cc2)cc1. The summed E-state index contributed by atoms with van der Waals surface area (Å²) in [7, 11) is 0. The van der Waals surface area contributed by atoms with E-state index in [1.165, 1.54) is 0 Å². The highest BCUT2D eigenvalue weighted by molar-refractivity contribution is 5.94. The first-order valence-corrected chi connectivity index (χ1v) is 8.60. The molecule has 2 aromatic carbocycles. The lowest BCUT2D eigenvalue weighted by atomic mass is 10.1. The van der Waals surface area contributed by atoms with E-state index in [-0.39, 0.29) is 11.7 Å². The normalized spacial score (nSPS) is 11.6. The van der Waals surface area contributed by atoms with E-state index in [9.17, 15) is 4.79 Å². The third-order valence-electron chi connectivity index (χ3n) is 3.80. The van der Waals surface area contributed by atoms with Crippen molar-refractivity contribution in [2.24, 2.45) is 5.73 Å². The number of nitrogen functional groups attached to an aromatic ring is 1. The zero-order chi connectivity index (χ0) is 18.9. The van der Waals surface area contributed by atoms with Gasteiger partial charge in [-0.2, -0.15) is 0 Å². The molecule has 0 saturated heterocycles. The highest BCUT2D eigenvalue weighted by atomic mass is 16.5. The van der Waals surface area contributed by atoms with Gasteiger partial charge in [0, 0.05) is 18.7 Å². The van der Waals surface area contributed by atoms with Crippen LogP contribution in [0.15, 0.2) is 48.5 Å². The zero-order valence-electron chi connectivity index (χ0n) is 15.1. The van der Waals surface area contributed by atoms with Gasteiger partial charge in [-0.25, -0.2) is 0 Å². The second-order valence-corrected chi connectivity index (χ2v) is 5.67. The van der Waals surface area contributed by atoms with Crippen LogP contribution in [0.25, 0.3) is 0 Å². The molecule has 1 unspecified atom stereocenters. The molecule has 0 aliphatic heterocycles. The summed E-state index contributed by atoms with van der Waals surface area (Å²) in [5.41, 5.74) is 7.79. The summed E-state index contributed by atoms with van der Waals surface area (Å²) in [6.07, 6.45) is -0.674. The van der Waals surface area contributed by atoms with Gasteiger partial charge in [0.25, 0.3) is 5.91 Å². The number of rotatable bonds is 9. The summed E-state index contributed by atoms with van der Waals surface area (Å²) in [5.74, 6) is 0.580. The van der Waals surface area contributed by atoms with Crippen molar-refractivity contribution in [3.8, 4) is 5.75 Å². The maximum atomic E-state index is 12.6. The van der Waals surface area contributed by atoms with Crippen LogP contribution in [0.2, 0.25) is 0 Å². The van der Waals surface area contributed by atoms with Crippen LogP contribution in [0.5, 0.6) is 5.75 Å². The second kappa shape index (κ2) is 9.58. The number of carbonyl (C=O) groups is 1. The van der Waals surface area contributed by atoms with E-state index in [0.717, 1.165) is 16.9 Å². The molecule has 1 amide bonds. The number of hydrogen-bond donors (Lipinski definition) is 3. The molecule has 138 valence electrons. The van der Waals surface area contributed by atoms with E-state index in [1.807, 2.05) is 50.2 Å². The lowest BCUT2D eigenvalue weighted by Crippen LogP contribution is -2.30. The van der Waals surface area contributed by atoms with Gasteiger partial charge in [0.05, 0.1) is 6.61 Å². The van der Waals surface area contributed by atoms with Crippen LogP contribution in [0.3, 0.4) is 0 Å². The summed E-state index contributed by atoms with van der Waals surface area (Å²) in [6.45, 7) is 5.18. The van der Waals surface area contributed by atoms with Gasteiger partial charge in [-0.3, -0.25) is 10.2 Å². The molecule has 0 radical (unpaired) electrons. The Labute approximate surface area is 153 Å². The van der Waals surface area contributed by atoms with E-state index >= 15 is 0 Å². The van der Waals surface area contributed by atoms with E-state index < -0.39 is 6.10 Å². The van der Waals surface area contributed by atoms with Gasteiger partial charge in [-0.05, 0) is 37.1 Å². The second-order valence-electron chi connectivity index (χ2n) is 5.67. The number of nitrogens with one attached hydrogen (secondary N) is 2. The molecule has 2 rings (SSSR count). The van der Waals surface area contributed by atoms with E-state index in [0.29, 0.717) is 25.3 Å². The largest absolute Gasteiger partial charge is 0.494 e. The molecule has 0 fully saturated rings. The summed E-state index contributed by atoms with van der Waals surface area (Å²) < 4.78 is 11.1. The Hall–Kier alpha value is -2.86. The monoisotopic (exact) mass is 355 g/mol. The van der Waals surface area contributed by atoms with Crippen LogP contribution in [-0.4, -0.2) is 25.0 Å². The highest BCUT2D eigenvalue weighted by Gasteiger charge is 2.20. The maximum absolute atomic E-state index is 12.6. The molecule has 6 heteroatoms. The molecule has 2 aromatic rings. The molecule has 0 aliphatic carbocycles. The highest BCUT2D eigenvalue weighted by Crippen LogP contribution is 2.21. The molecule has 0 aromatic heterocycles. The standard InChI is InChI=1S/C20H25N3O3/c1-3-25-17-11-9-15(10-12-17)18(26-4-2)20(24)23-13-14-5-7-16(8-6-14)19(21)22/h5-12,18H,3-4,13H2,1-2H3,(H3,21,22)(H,23,24). The van der Waals surface area contributed by atoms with Gasteiger partial charge in [-0.1, -0.05) is 36.4 Å². The van der Waals surface area contributed by atoms with E-state index in [2.05, 4.69) is 5.32 Å². The molecule has 0 spiro atoms. The van der Waals surface area contributed by atoms with Crippen molar-refractivity contribution in [3.63, 3.8) is 0 Å². The number of carbonyl (C=O) groups excluding carboxylic acids is 1. The smallest absolute Gasteiger partial charge is 0.254 e. The lowest BCUT2D eigenvalue weighted by Gasteiger charge is -2.18. The van der Waals surface area contributed by atoms with Crippen molar-refractivity contribution in [2.45, 2.75) is 26.5 Å². The Bertz CT molecular complexity index is 727. The first-order valence-electron chi connectivity index (χ1n) is 8.60. The average Bonchev–Trinajstić information content (AvgIpc) is 2.65. The van der Waals surface area contributed by atoms with Crippen LogP contribution >= 0.6 is 0 Å². The Morgan fingerprint density at radius 3 is 2.27 bits per heavy atom. The van der Waals surface area contributed by atoms with Gasteiger partial charge in [0.15, 0.2) is 6.10 Å². The van der Waals surface area contributed by atoms with Gasteiger partial charge in [-0.15, -0.1) is 0 Å². The predicted octanol–water partition coefficient (Wildman–Crippen LogP) is 2.76. The number of hydrogen-bond acceptors (Lipinski definition) is 4. The van der Waals surface area contributed by atoms with Crippen molar-refractivity contribution in [1.82, 2.24) is 5.32 Å². The van der Waals surface area contributed by atoms with Crippen LogP contribution in [0, 0.1) is 5.41 Å². The Morgan fingerprint density at radius 1 is 1.08 bits per heavy atom. The molecule has 26 heavy (non-hydrogen) atoms. The minimum Gasteiger partial charge on any atom is -0.494 e. The summed E-state index contributed by atoms with van der Waals surface area (Å²) in [4.78, 5) is 12.6. The molecule has 1 atom stereocenters. The van der Waals surface area contributed by atoms with Gasteiger partial charge in [0.2, 0.25) is 0 Å². The fourth-order valence-corrected chi connectivity index (χ4v) is 2.48. The minimum absolute atomic E-state index is 0.0208. The Kier molecular flexibility index (Phi) is 7.17. The third kappa shape index (κ3) is 5.32. The molecule has 0 saturated carbocycles. The van der Waals surface area contributed by atoms with Crippen molar-refractivity contribution >= 4 is 11.7 Å². The van der Waals surface area contributed by atoms with Crippen LogP contribution in [0.4, 0.5) is 0 Å². The predicted molar refractivity (Wildman–Crippen MR) is 101 cm³/mol. The van der Waals surface area contributed by atoms with Crippen LogP contribution < -0.4 is 15.8 Å². The van der Waals surface area contributed by atoms with E-state index in [1.54, 1.807) is 12.1 Å². The molecule has 0 aliphatic rings. The maximum Gasteiger partial charge on any atom is 0.254 e. The number of nitrogens with two attached hydrogens (primary N) is 1. The number of amidine groups is 1. The third-order valence-corrected chi connectivity index (χ3v) is 3.80. The number of amides is 1. The minimum atomic E-state index is -0.674. The van der Waals surface area contributed by atoms with Crippen molar-refractivity contribution in [2.75, 3.05) is 13.2 Å². The van der Waals surface area contributed by atoms with Gasteiger partial charge >= 0.3 is 0 Å². The van der Waals surface area contributed by atoms with E-state index in [4.69, 9.17) is 20.6 Å². The zero-order valence-corrected chi connectivity index (χ0v) is 15.1. The summed E-state index contributed by atoms with van der Waals surface area (Å²) >= 11 is 0.